The number of anilines is 1. The molecule has 1 saturated heterocycles. The van der Waals surface area contributed by atoms with E-state index in [9.17, 15) is 9.90 Å². The number of hydrogen-bond donors (Lipinski definition) is 1. The molecule has 1 N–H and O–H groups in total. The summed E-state index contributed by atoms with van der Waals surface area (Å²) in [6.45, 7) is 6.57. The molecular formula is C16H24N2O3. The molecular weight excluding hydrogens is 268 g/mol. The number of carbonyl (C=O) groups is 1. The lowest BCUT2D eigenvalue weighted by Crippen LogP contribution is -2.37. The minimum Gasteiger partial charge on any atom is -0.478 e. The molecule has 0 saturated carbocycles. The number of rotatable bonds is 6. The van der Waals surface area contributed by atoms with Crippen LogP contribution in [0.15, 0.2) is 12.1 Å². The van der Waals surface area contributed by atoms with E-state index in [4.69, 9.17) is 4.74 Å². The summed E-state index contributed by atoms with van der Waals surface area (Å²) >= 11 is 0. The maximum atomic E-state index is 11.3. The summed E-state index contributed by atoms with van der Waals surface area (Å²) in [7, 11) is 0. The Morgan fingerprint density at radius 3 is 2.67 bits per heavy atom. The van der Waals surface area contributed by atoms with Gasteiger partial charge in [-0.25, -0.2) is 9.78 Å². The second-order valence-corrected chi connectivity index (χ2v) is 5.40. The highest BCUT2D eigenvalue weighted by Crippen LogP contribution is 2.22. The highest BCUT2D eigenvalue weighted by Gasteiger charge is 2.21. The van der Waals surface area contributed by atoms with Gasteiger partial charge in [0.15, 0.2) is 0 Å². The zero-order valence-corrected chi connectivity index (χ0v) is 12.8. The van der Waals surface area contributed by atoms with E-state index in [-0.39, 0.29) is 0 Å². The van der Waals surface area contributed by atoms with Gasteiger partial charge in [-0.05, 0) is 38.3 Å². The molecule has 1 aliphatic rings. The summed E-state index contributed by atoms with van der Waals surface area (Å²) in [6.07, 6.45) is 4.03. The van der Waals surface area contributed by atoms with Crippen LogP contribution in [0.3, 0.4) is 0 Å². The number of aromatic carboxylic acids is 1. The Morgan fingerprint density at radius 2 is 2.10 bits per heavy atom. The molecule has 0 unspecified atom stereocenters. The van der Waals surface area contributed by atoms with Crippen molar-refractivity contribution in [3.63, 3.8) is 0 Å². The van der Waals surface area contributed by atoms with E-state index < -0.39 is 5.97 Å². The largest absolute Gasteiger partial charge is 0.478 e. The molecule has 1 aromatic heterocycles. The average molecular weight is 292 g/mol. The van der Waals surface area contributed by atoms with Crippen LogP contribution in [-0.2, 0) is 11.2 Å². The summed E-state index contributed by atoms with van der Waals surface area (Å²) in [6, 6.07) is 3.37. The third-order valence-corrected chi connectivity index (χ3v) is 3.79. The summed E-state index contributed by atoms with van der Waals surface area (Å²) in [5, 5.41) is 9.25. The van der Waals surface area contributed by atoms with E-state index in [0.717, 1.165) is 56.9 Å². The van der Waals surface area contributed by atoms with Gasteiger partial charge in [0.1, 0.15) is 5.82 Å². The molecule has 2 rings (SSSR count). The fourth-order valence-electron chi connectivity index (χ4n) is 2.73. The van der Waals surface area contributed by atoms with E-state index >= 15 is 0 Å². The van der Waals surface area contributed by atoms with Crippen LogP contribution >= 0.6 is 0 Å². The Hall–Kier alpha value is -1.62. The molecule has 21 heavy (non-hydrogen) atoms. The molecule has 1 aromatic rings. The van der Waals surface area contributed by atoms with Crippen molar-refractivity contribution in [3.8, 4) is 0 Å². The van der Waals surface area contributed by atoms with Gasteiger partial charge < -0.3 is 14.7 Å². The number of pyridine rings is 1. The summed E-state index contributed by atoms with van der Waals surface area (Å²) in [4.78, 5) is 18.1. The number of aryl methyl sites for hydroxylation is 1. The van der Waals surface area contributed by atoms with Crippen LogP contribution in [0.4, 0.5) is 5.82 Å². The first-order valence-corrected chi connectivity index (χ1v) is 7.74. The van der Waals surface area contributed by atoms with Crippen LogP contribution in [0.1, 0.15) is 49.2 Å². The van der Waals surface area contributed by atoms with Gasteiger partial charge in [-0.15, -0.1) is 0 Å². The minimum atomic E-state index is -0.889. The van der Waals surface area contributed by atoms with E-state index in [2.05, 4.69) is 16.8 Å². The van der Waals surface area contributed by atoms with E-state index in [0.29, 0.717) is 11.7 Å². The molecule has 0 amide bonds. The third-order valence-electron chi connectivity index (χ3n) is 3.79. The van der Waals surface area contributed by atoms with Gasteiger partial charge in [0.2, 0.25) is 0 Å². The van der Waals surface area contributed by atoms with Crippen LogP contribution in [0, 0.1) is 0 Å². The molecule has 0 atom stereocenters. The number of piperidine rings is 1. The first kappa shape index (κ1) is 15.8. The summed E-state index contributed by atoms with van der Waals surface area (Å²) in [5.74, 6) is -0.103. The van der Waals surface area contributed by atoms with Crippen molar-refractivity contribution in [2.45, 2.75) is 45.6 Å². The SMILES string of the molecule is CCCc1cc(C(=O)O)cc(N2CCC(OCC)CC2)n1. The number of carboxylic acids is 1. The molecule has 5 heteroatoms. The first-order valence-electron chi connectivity index (χ1n) is 7.74. The summed E-state index contributed by atoms with van der Waals surface area (Å²) in [5.41, 5.74) is 1.19. The Morgan fingerprint density at radius 1 is 1.38 bits per heavy atom. The number of carboxylic acid groups (broad SMARTS) is 1. The zero-order valence-electron chi connectivity index (χ0n) is 12.8. The maximum absolute atomic E-state index is 11.3. The molecule has 0 aliphatic carbocycles. The quantitative estimate of drug-likeness (QED) is 0.873. The smallest absolute Gasteiger partial charge is 0.335 e. The van der Waals surface area contributed by atoms with Crippen LogP contribution in [0.5, 0.6) is 0 Å². The molecule has 1 fully saturated rings. The maximum Gasteiger partial charge on any atom is 0.335 e. The molecule has 1 aliphatic heterocycles. The molecule has 0 spiro atoms. The van der Waals surface area contributed by atoms with E-state index in [1.807, 2.05) is 6.92 Å². The van der Waals surface area contributed by atoms with E-state index in [1.54, 1.807) is 12.1 Å². The van der Waals surface area contributed by atoms with Crippen LogP contribution in [-0.4, -0.2) is 41.9 Å². The van der Waals surface area contributed by atoms with Crippen molar-refractivity contribution < 1.29 is 14.6 Å². The van der Waals surface area contributed by atoms with Crippen molar-refractivity contribution in [3.05, 3.63) is 23.4 Å². The van der Waals surface area contributed by atoms with Gasteiger partial charge in [0, 0.05) is 25.4 Å². The lowest BCUT2D eigenvalue weighted by molar-refractivity contribution is 0.0458. The molecule has 5 nitrogen and oxygen atoms in total. The lowest BCUT2D eigenvalue weighted by Gasteiger charge is -2.32. The predicted octanol–water partition coefficient (Wildman–Crippen LogP) is 2.74. The second kappa shape index (κ2) is 7.41. The van der Waals surface area contributed by atoms with Crippen molar-refractivity contribution in [1.82, 2.24) is 4.98 Å². The van der Waals surface area contributed by atoms with Gasteiger partial charge in [-0.3, -0.25) is 0 Å². The monoisotopic (exact) mass is 292 g/mol. The van der Waals surface area contributed by atoms with Crippen molar-refractivity contribution >= 4 is 11.8 Å². The number of aromatic nitrogens is 1. The van der Waals surface area contributed by atoms with Crippen molar-refractivity contribution in [1.29, 1.82) is 0 Å². The van der Waals surface area contributed by atoms with Crippen molar-refractivity contribution in [2.75, 3.05) is 24.6 Å². The minimum absolute atomic E-state index is 0.323. The molecule has 0 aromatic carbocycles. The summed E-state index contributed by atoms with van der Waals surface area (Å²) < 4.78 is 5.65. The highest BCUT2D eigenvalue weighted by molar-refractivity contribution is 5.88. The first-order chi connectivity index (χ1) is 10.1. The Bertz CT molecular complexity index is 482. The van der Waals surface area contributed by atoms with Gasteiger partial charge in [0.25, 0.3) is 0 Å². The second-order valence-electron chi connectivity index (χ2n) is 5.40. The standard InChI is InChI=1S/C16H24N2O3/c1-3-5-13-10-12(16(19)20)11-15(17-13)18-8-6-14(7-9-18)21-4-2/h10-11,14H,3-9H2,1-2H3,(H,19,20). The van der Waals surface area contributed by atoms with Crippen LogP contribution in [0.25, 0.3) is 0 Å². The third kappa shape index (κ3) is 4.17. The fourth-order valence-corrected chi connectivity index (χ4v) is 2.73. The average Bonchev–Trinajstić information content (AvgIpc) is 2.48. The predicted molar refractivity (Wildman–Crippen MR) is 82.1 cm³/mol. The van der Waals surface area contributed by atoms with Crippen LogP contribution in [0.2, 0.25) is 0 Å². The van der Waals surface area contributed by atoms with Gasteiger partial charge >= 0.3 is 5.97 Å². The van der Waals surface area contributed by atoms with Crippen molar-refractivity contribution in [2.24, 2.45) is 0 Å². The topological polar surface area (TPSA) is 62.7 Å². The highest BCUT2D eigenvalue weighted by atomic mass is 16.5. The normalized spacial score (nSPS) is 16.2. The number of nitrogens with zero attached hydrogens (tertiary/aromatic N) is 2. The molecule has 2 heterocycles. The molecule has 116 valence electrons. The Kier molecular flexibility index (Phi) is 5.56. The number of hydrogen-bond acceptors (Lipinski definition) is 4. The zero-order chi connectivity index (χ0) is 15.2. The number of ether oxygens (including phenoxy) is 1. The Labute approximate surface area is 125 Å². The van der Waals surface area contributed by atoms with Crippen LogP contribution < -0.4 is 4.90 Å². The lowest BCUT2D eigenvalue weighted by atomic mass is 10.1. The molecule has 0 radical (unpaired) electrons. The fraction of sp³-hybridized carbons (Fsp3) is 0.625. The van der Waals surface area contributed by atoms with Gasteiger partial charge in [0.05, 0.1) is 11.7 Å². The van der Waals surface area contributed by atoms with E-state index in [1.165, 1.54) is 0 Å². The molecule has 0 bridgehead atoms. The van der Waals surface area contributed by atoms with Gasteiger partial charge in [-0.1, -0.05) is 13.3 Å². The Balaban J connectivity index is 2.13. The van der Waals surface area contributed by atoms with Gasteiger partial charge in [-0.2, -0.15) is 0 Å².